The minimum absolute atomic E-state index is 0.0169. The second-order valence-electron chi connectivity index (χ2n) is 5.63. The lowest BCUT2D eigenvalue weighted by atomic mass is 10.3. The molecule has 0 saturated carbocycles. The molecule has 0 spiro atoms. The molecule has 26 heavy (non-hydrogen) atoms. The molecule has 0 bridgehead atoms. The summed E-state index contributed by atoms with van der Waals surface area (Å²) >= 11 is 5.83. The fraction of sp³-hybridized carbons (Fsp3) is 0.188. The van der Waals surface area contributed by atoms with Crippen LogP contribution in [0.25, 0.3) is 0 Å². The Labute approximate surface area is 157 Å². The van der Waals surface area contributed by atoms with Crippen LogP contribution in [0.5, 0.6) is 0 Å². The summed E-state index contributed by atoms with van der Waals surface area (Å²) in [4.78, 5) is 4.00. The molecule has 1 aliphatic rings. The van der Waals surface area contributed by atoms with E-state index in [1.54, 1.807) is 6.07 Å². The maximum atomic E-state index is 12.4. The van der Waals surface area contributed by atoms with Crippen molar-refractivity contribution in [3.05, 3.63) is 53.6 Å². The van der Waals surface area contributed by atoms with Gasteiger partial charge in [-0.1, -0.05) is 23.7 Å². The van der Waals surface area contributed by atoms with Crippen molar-refractivity contribution in [3.63, 3.8) is 0 Å². The van der Waals surface area contributed by atoms with Crippen LogP contribution in [0.15, 0.2) is 63.3 Å². The van der Waals surface area contributed by atoms with Crippen LogP contribution in [0.3, 0.4) is 0 Å². The Morgan fingerprint density at radius 1 is 0.885 bits per heavy atom. The van der Waals surface area contributed by atoms with Crippen molar-refractivity contribution in [1.82, 2.24) is 4.72 Å². The Balaban J connectivity index is 1.85. The van der Waals surface area contributed by atoms with Crippen LogP contribution >= 0.6 is 11.6 Å². The summed E-state index contributed by atoms with van der Waals surface area (Å²) in [6, 6.07) is 11.3. The fourth-order valence-corrected chi connectivity index (χ4v) is 4.90. The lowest BCUT2D eigenvalue weighted by Crippen LogP contribution is -2.29. The zero-order valence-electron chi connectivity index (χ0n) is 13.5. The van der Waals surface area contributed by atoms with Crippen molar-refractivity contribution in [3.8, 4) is 0 Å². The summed E-state index contributed by atoms with van der Waals surface area (Å²) < 4.78 is 54.5. The summed E-state index contributed by atoms with van der Waals surface area (Å²) in [5, 5.41) is 0.283. The molecule has 2 aromatic rings. The highest BCUT2D eigenvalue weighted by Crippen LogP contribution is 2.21. The number of sulfonamides is 2. The van der Waals surface area contributed by atoms with E-state index in [4.69, 9.17) is 11.6 Å². The Morgan fingerprint density at radius 2 is 1.54 bits per heavy atom. The van der Waals surface area contributed by atoms with E-state index in [2.05, 4.69) is 14.4 Å². The molecule has 1 heterocycles. The average molecular weight is 414 g/mol. The maximum absolute atomic E-state index is 12.4. The fourth-order valence-electron chi connectivity index (χ4n) is 2.41. The number of aliphatic imine (C=N–C) groups is 1. The monoisotopic (exact) mass is 413 g/mol. The first-order chi connectivity index (χ1) is 12.3. The number of amidine groups is 1. The highest BCUT2D eigenvalue weighted by molar-refractivity contribution is 7.92. The van der Waals surface area contributed by atoms with Crippen LogP contribution < -0.4 is 9.44 Å². The largest absolute Gasteiger partial charge is 0.280 e. The van der Waals surface area contributed by atoms with Crippen molar-refractivity contribution >= 4 is 43.2 Å². The minimum atomic E-state index is -3.89. The van der Waals surface area contributed by atoms with Gasteiger partial charge in [0, 0.05) is 18.0 Å². The number of rotatable bonds is 5. The van der Waals surface area contributed by atoms with Crippen LogP contribution in [0.2, 0.25) is 5.02 Å². The Bertz CT molecular complexity index is 1070. The third-order valence-corrected chi connectivity index (χ3v) is 6.62. The first kappa shape index (κ1) is 18.7. The summed E-state index contributed by atoms with van der Waals surface area (Å²) in [6.45, 7) is 0.595. The molecule has 138 valence electrons. The standard InChI is InChI=1S/C16H16ClN3O4S2/c17-12-4-1-6-14(10-12)25(21,22)19-13-5-2-7-15(11-13)26(23,24)20-16-8-3-9-18-16/h1-2,4-7,10-11,19H,3,8-9H2,(H,18,20). The third-order valence-electron chi connectivity index (χ3n) is 3.63. The summed E-state index contributed by atoms with van der Waals surface area (Å²) in [6.07, 6.45) is 1.37. The van der Waals surface area contributed by atoms with E-state index < -0.39 is 20.0 Å². The topological polar surface area (TPSA) is 105 Å². The third kappa shape index (κ3) is 4.35. The van der Waals surface area contributed by atoms with Crippen molar-refractivity contribution in [2.45, 2.75) is 22.6 Å². The molecule has 2 aromatic carbocycles. The minimum Gasteiger partial charge on any atom is -0.280 e. The van der Waals surface area contributed by atoms with Gasteiger partial charge in [0.15, 0.2) is 0 Å². The number of nitrogens with one attached hydrogen (secondary N) is 2. The molecule has 0 aliphatic carbocycles. The Morgan fingerprint density at radius 3 is 2.19 bits per heavy atom. The molecule has 1 aliphatic heterocycles. The normalized spacial score (nSPS) is 14.7. The van der Waals surface area contributed by atoms with E-state index in [9.17, 15) is 16.8 Å². The van der Waals surface area contributed by atoms with E-state index in [1.165, 1.54) is 42.5 Å². The molecule has 0 radical (unpaired) electrons. The van der Waals surface area contributed by atoms with Gasteiger partial charge in [0.05, 0.1) is 15.5 Å². The zero-order chi connectivity index (χ0) is 18.8. The van der Waals surface area contributed by atoms with Crippen molar-refractivity contribution in [1.29, 1.82) is 0 Å². The highest BCUT2D eigenvalue weighted by atomic mass is 35.5. The zero-order valence-corrected chi connectivity index (χ0v) is 15.9. The van der Waals surface area contributed by atoms with Gasteiger partial charge in [-0.2, -0.15) is 0 Å². The van der Waals surface area contributed by atoms with Gasteiger partial charge in [0.1, 0.15) is 5.84 Å². The van der Waals surface area contributed by atoms with Gasteiger partial charge in [-0.05, 0) is 42.8 Å². The van der Waals surface area contributed by atoms with Crippen LogP contribution in [0, 0.1) is 0 Å². The van der Waals surface area contributed by atoms with Crippen LogP contribution in [-0.4, -0.2) is 29.2 Å². The molecule has 0 atom stereocenters. The SMILES string of the molecule is O=S(=O)(NC1=NCCC1)c1cccc(NS(=O)(=O)c2cccc(Cl)c2)c1. The molecule has 0 unspecified atom stereocenters. The second-order valence-corrected chi connectivity index (χ2v) is 9.43. The predicted octanol–water partition coefficient (Wildman–Crippen LogP) is 2.61. The number of halogens is 1. The van der Waals surface area contributed by atoms with E-state index in [0.717, 1.165) is 6.42 Å². The molecule has 10 heteroatoms. The van der Waals surface area contributed by atoms with Gasteiger partial charge in [-0.15, -0.1) is 0 Å². The molecule has 2 N–H and O–H groups in total. The van der Waals surface area contributed by atoms with Gasteiger partial charge >= 0.3 is 0 Å². The number of hydrogen-bond acceptors (Lipinski definition) is 5. The van der Waals surface area contributed by atoms with Gasteiger partial charge in [-0.25, -0.2) is 16.8 Å². The molecular formula is C16H16ClN3O4S2. The lowest BCUT2D eigenvalue weighted by Gasteiger charge is -2.11. The quantitative estimate of drug-likeness (QED) is 0.785. The average Bonchev–Trinajstić information content (AvgIpc) is 3.07. The van der Waals surface area contributed by atoms with Crippen molar-refractivity contribution in [2.24, 2.45) is 4.99 Å². The van der Waals surface area contributed by atoms with E-state index >= 15 is 0 Å². The van der Waals surface area contributed by atoms with Gasteiger partial charge in [0.25, 0.3) is 20.0 Å². The maximum Gasteiger partial charge on any atom is 0.262 e. The number of anilines is 1. The number of nitrogens with zero attached hydrogens (tertiary/aromatic N) is 1. The molecule has 0 saturated heterocycles. The van der Waals surface area contributed by atoms with Crippen molar-refractivity contribution in [2.75, 3.05) is 11.3 Å². The van der Waals surface area contributed by atoms with Gasteiger partial charge < -0.3 is 0 Å². The van der Waals surface area contributed by atoms with Gasteiger partial charge in [0.2, 0.25) is 0 Å². The molecular weight excluding hydrogens is 398 g/mol. The Hall–Kier alpha value is -2.10. The van der Waals surface area contributed by atoms with Crippen LogP contribution in [0.1, 0.15) is 12.8 Å². The molecule has 7 nitrogen and oxygen atoms in total. The summed E-state index contributed by atoms with van der Waals surface area (Å²) in [5.41, 5.74) is 0.126. The second kappa shape index (κ2) is 7.26. The number of benzene rings is 2. The van der Waals surface area contributed by atoms with Crippen LogP contribution in [-0.2, 0) is 20.0 Å². The first-order valence-electron chi connectivity index (χ1n) is 7.71. The van der Waals surface area contributed by atoms with E-state index in [0.29, 0.717) is 18.8 Å². The summed E-state index contributed by atoms with van der Waals surface area (Å²) in [5.74, 6) is 0.412. The van der Waals surface area contributed by atoms with Gasteiger partial charge in [-0.3, -0.25) is 14.4 Å². The molecule has 0 fully saturated rings. The van der Waals surface area contributed by atoms with Crippen molar-refractivity contribution < 1.29 is 16.8 Å². The number of hydrogen-bond donors (Lipinski definition) is 2. The lowest BCUT2D eigenvalue weighted by molar-refractivity contribution is 0.591. The molecule has 0 amide bonds. The molecule has 3 rings (SSSR count). The first-order valence-corrected chi connectivity index (χ1v) is 11.1. The predicted molar refractivity (Wildman–Crippen MR) is 101 cm³/mol. The van der Waals surface area contributed by atoms with E-state index in [-0.39, 0.29) is 20.5 Å². The highest BCUT2D eigenvalue weighted by Gasteiger charge is 2.20. The summed E-state index contributed by atoms with van der Waals surface area (Å²) in [7, 11) is -7.72. The molecule has 0 aromatic heterocycles. The smallest absolute Gasteiger partial charge is 0.262 e. The van der Waals surface area contributed by atoms with E-state index in [1.807, 2.05) is 0 Å². The van der Waals surface area contributed by atoms with Crippen LogP contribution in [0.4, 0.5) is 5.69 Å². The Kier molecular flexibility index (Phi) is 5.22.